The van der Waals surface area contributed by atoms with Gasteiger partial charge in [0.15, 0.2) is 0 Å². The Labute approximate surface area is 131 Å². The molecule has 3 atom stereocenters. The van der Waals surface area contributed by atoms with Crippen LogP contribution in [0.25, 0.3) is 0 Å². The minimum absolute atomic E-state index is 0.547. The van der Waals surface area contributed by atoms with Crippen LogP contribution in [0, 0.1) is 11.8 Å². The molecule has 1 aliphatic carbocycles. The first-order chi connectivity index (χ1) is 10.2. The molecular weight excluding hydrogens is 254 g/mol. The molecule has 1 aliphatic rings. The summed E-state index contributed by atoms with van der Waals surface area (Å²) in [6.07, 6.45) is 9.61. The van der Waals surface area contributed by atoms with Gasteiger partial charge in [-0.05, 0) is 43.6 Å². The number of hydrogen-bond donors (Lipinski definition) is 1. The number of nitrogens with one attached hydrogen (secondary N) is 1. The zero-order chi connectivity index (χ0) is 15.1. The van der Waals surface area contributed by atoms with Gasteiger partial charge in [-0.3, -0.25) is 0 Å². The Balaban J connectivity index is 2.04. The highest BCUT2D eigenvalue weighted by molar-refractivity contribution is 5.20. The summed E-state index contributed by atoms with van der Waals surface area (Å²) in [5.41, 5.74) is 1.49. The molecule has 1 heteroatoms. The van der Waals surface area contributed by atoms with Crippen molar-refractivity contribution in [1.29, 1.82) is 0 Å². The first kappa shape index (κ1) is 16.5. The number of hydrogen-bond acceptors (Lipinski definition) is 1. The predicted octanol–water partition coefficient (Wildman–Crippen LogP) is 5.72. The first-order valence-electron chi connectivity index (χ1n) is 9.01. The van der Waals surface area contributed by atoms with Gasteiger partial charge in [-0.15, -0.1) is 0 Å². The standard InChI is InChI=1S/C20H33N/c1-4-16(2)15-17(3)21-20(18-11-7-5-8-12-18)19-13-9-6-10-14-19/h5,7-8,11-12,16-17,19-21H,4,6,9-10,13-15H2,1-3H3. The smallest absolute Gasteiger partial charge is 0.0350 e. The lowest BCUT2D eigenvalue weighted by atomic mass is 9.80. The number of benzene rings is 1. The normalized spacial score (nSPS) is 20.9. The van der Waals surface area contributed by atoms with E-state index in [0.29, 0.717) is 12.1 Å². The van der Waals surface area contributed by atoms with Crippen molar-refractivity contribution in [2.75, 3.05) is 0 Å². The Kier molecular flexibility index (Phi) is 6.76. The molecule has 0 spiro atoms. The van der Waals surface area contributed by atoms with Crippen LogP contribution in [0.15, 0.2) is 30.3 Å². The quantitative estimate of drug-likeness (QED) is 0.676. The summed E-state index contributed by atoms with van der Waals surface area (Å²) in [6, 6.07) is 12.3. The lowest BCUT2D eigenvalue weighted by molar-refractivity contribution is 0.246. The molecule has 1 aromatic carbocycles. The molecule has 118 valence electrons. The van der Waals surface area contributed by atoms with Gasteiger partial charge in [0, 0.05) is 12.1 Å². The van der Waals surface area contributed by atoms with E-state index in [2.05, 4.69) is 56.4 Å². The van der Waals surface area contributed by atoms with Crippen LogP contribution in [-0.4, -0.2) is 6.04 Å². The average Bonchev–Trinajstić information content (AvgIpc) is 2.54. The van der Waals surface area contributed by atoms with Crippen molar-refractivity contribution in [3.63, 3.8) is 0 Å². The molecular formula is C20H33N. The Morgan fingerprint density at radius 2 is 1.71 bits per heavy atom. The van der Waals surface area contributed by atoms with Gasteiger partial charge >= 0.3 is 0 Å². The molecule has 0 saturated heterocycles. The topological polar surface area (TPSA) is 12.0 Å². The lowest BCUT2D eigenvalue weighted by Gasteiger charge is -2.34. The van der Waals surface area contributed by atoms with Gasteiger partial charge in [0.1, 0.15) is 0 Å². The maximum Gasteiger partial charge on any atom is 0.0350 e. The minimum Gasteiger partial charge on any atom is -0.307 e. The van der Waals surface area contributed by atoms with E-state index in [1.165, 1.54) is 50.5 Å². The highest BCUT2D eigenvalue weighted by Gasteiger charge is 2.26. The van der Waals surface area contributed by atoms with Crippen LogP contribution < -0.4 is 5.32 Å². The van der Waals surface area contributed by atoms with Crippen LogP contribution in [0.5, 0.6) is 0 Å². The molecule has 21 heavy (non-hydrogen) atoms. The summed E-state index contributed by atoms with van der Waals surface area (Å²) in [6.45, 7) is 7.04. The molecule has 1 fully saturated rings. The van der Waals surface area contributed by atoms with Crippen LogP contribution >= 0.6 is 0 Å². The molecule has 1 N–H and O–H groups in total. The molecule has 2 rings (SSSR count). The van der Waals surface area contributed by atoms with Gasteiger partial charge in [-0.1, -0.05) is 69.9 Å². The van der Waals surface area contributed by atoms with Crippen molar-refractivity contribution in [1.82, 2.24) is 5.32 Å². The van der Waals surface area contributed by atoms with E-state index >= 15 is 0 Å². The summed E-state index contributed by atoms with van der Waals surface area (Å²) in [5, 5.41) is 3.97. The zero-order valence-corrected chi connectivity index (χ0v) is 14.1. The molecule has 1 aromatic rings. The molecule has 0 amide bonds. The van der Waals surface area contributed by atoms with Crippen molar-refractivity contribution in [3.05, 3.63) is 35.9 Å². The fraction of sp³-hybridized carbons (Fsp3) is 0.700. The Morgan fingerprint density at radius 1 is 1.05 bits per heavy atom. The summed E-state index contributed by atoms with van der Waals surface area (Å²) < 4.78 is 0. The Hall–Kier alpha value is -0.820. The van der Waals surface area contributed by atoms with Crippen LogP contribution in [0.1, 0.15) is 77.3 Å². The fourth-order valence-electron chi connectivity index (χ4n) is 3.78. The summed E-state index contributed by atoms with van der Waals surface area (Å²) in [4.78, 5) is 0. The third kappa shape index (κ3) is 5.14. The third-order valence-electron chi connectivity index (χ3n) is 5.20. The minimum atomic E-state index is 0.547. The SMILES string of the molecule is CCC(C)CC(C)NC(c1ccccc1)C1CCCCC1. The second-order valence-electron chi connectivity index (χ2n) is 7.10. The lowest BCUT2D eigenvalue weighted by Crippen LogP contribution is -2.36. The Morgan fingerprint density at radius 3 is 2.33 bits per heavy atom. The monoisotopic (exact) mass is 287 g/mol. The van der Waals surface area contributed by atoms with Crippen molar-refractivity contribution in [3.8, 4) is 0 Å². The van der Waals surface area contributed by atoms with E-state index in [9.17, 15) is 0 Å². The van der Waals surface area contributed by atoms with Gasteiger partial charge in [0.25, 0.3) is 0 Å². The molecule has 1 saturated carbocycles. The molecule has 3 unspecified atom stereocenters. The van der Waals surface area contributed by atoms with E-state index in [4.69, 9.17) is 0 Å². The van der Waals surface area contributed by atoms with Gasteiger partial charge in [-0.25, -0.2) is 0 Å². The van der Waals surface area contributed by atoms with E-state index < -0.39 is 0 Å². The van der Waals surface area contributed by atoms with E-state index in [1.54, 1.807) is 0 Å². The maximum atomic E-state index is 3.97. The number of rotatable bonds is 7. The largest absolute Gasteiger partial charge is 0.307 e. The molecule has 0 heterocycles. The average molecular weight is 287 g/mol. The van der Waals surface area contributed by atoms with Crippen molar-refractivity contribution in [2.45, 2.75) is 77.8 Å². The molecule has 0 bridgehead atoms. The zero-order valence-electron chi connectivity index (χ0n) is 14.1. The summed E-state index contributed by atoms with van der Waals surface area (Å²) in [7, 11) is 0. The molecule has 0 aromatic heterocycles. The highest BCUT2D eigenvalue weighted by atomic mass is 15.0. The van der Waals surface area contributed by atoms with E-state index in [-0.39, 0.29) is 0 Å². The highest BCUT2D eigenvalue weighted by Crippen LogP contribution is 2.35. The summed E-state index contributed by atoms with van der Waals surface area (Å²) >= 11 is 0. The van der Waals surface area contributed by atoms with Crippen LogP contribution in [0.2, 0.25) is 0 Å². The second kappa shape index (κ2) is 8.58. The molecule has 1 nitrogen and oxygen atoms in total. The van der Waals surface area contributed by atoms with Crippen LogP contribution in [0.3, 0.4) is 0 Å². The second-order valence-corrected chi connectivity index (χ2v) is 7.10. The molecule has 0 aliphatic heterocycles. The van der Waals surface area contributed by atoms with Crippen molar-refractivity contribution < 1.29 is 0 Å². The first-order valence-corrected chi connectivity index (χ1v) is 9.01. The van der Waals surface area contributed by atoms with Gasteiger partial charge in [-0.2, -0.15) is 0 Å². The maximum absolute atomic E-state index is 3.97. The summed E-state index contributed by atoms with van der Waals surface area (Å²) in [5.74, 6) is 1.64. The van der Waals surface area contributed by atoms with Crippen LogP contribution in [-0.2, 0) is 0 Å². The Bertz CT molecular complexity index is 380. The van der Waals surface area contributed by atoms with E-state index in [1.807, 2.05) is 0 Å². The van der Waals surface area contributed by atoms with Gasteiger partial charge in [0.05, 0.1) is 0 Å². The third-order valence-corrected chi connectivity index (χ3v) is 5.20. The van der Waals surface area contributed by atoms with Crippen LogP contribution in [0.4, 0.5) is 0 Å². The van der Waals surface area contributed by atoms with Gasteiger partial charge in [0.2, 0.25) is 0 Å². The fourth-order valence-corrected chi connectivity index (χ4v) is 3.78. The van der Waals surface area contributed by atoms with E-state index in [0.717, 1.165) is 11.8 Å². The van der Waals surface area contributed by atoms with Crippen molar-refractivity contribution in [2.24, 2.45) is 11.8 Å². The molecule has 0 radical (unpaired) electrons. The van der Waals surface area contributed by atoms with Gasteiger partial charge < -0.3 is 5.32 Å². The van der Waals surface area contributed by atoms with Crippen molar-refractivity contribution >= 4 is 0 Å². The predicted molar refractivity (Wildman–Crippen MR) is 92.4 cm³/mol.